The minimum atomic E-state index is 0.768. The Balaban J connectivity index is 2.10. The third kappa shape index (κ3) is 1.63. The average Bonchev–Trinajstić information content (AvgIpc) is 2.28. The molecule has 0 aromatic carbocycles. The molecule has 1 N–H and O–H groups in total. The van der Waals surface area contributed by atoms with Crippen LogP contribution in [0.1, 0.15) is 39.5 Å². The normalized spacial score (nSPS) is 39.7. The van der Waals surface area contributed by atoms with Crippen LogP contribution in [-0.2, 0) is 0 Å². The highest BCUT2D eigenvalue weighted by molar-refractivity contribution is 6.11. The van der Waals surface area contributed by atoms with Crippen molar-refractivity contribution in [1.29, 1.82) is 0 Å². The van der Waals surface area contributed by atoms with E-state index in [9.17, 15) is 0 Å². The molecular formula is C11H20BN. The Labute approximate surface area is 82.4 Å². The van der Waals surface area contributed by atoms with Gasteiger partial charge in [0.25, 0.3) is 0 Å². The fourth-order valence-corrected chi connectivity index (χ4v) is 2.84. The van der Waals surface area contributed by atoms with E-state index in [1.54, 1.807) is 5.57 Å². The second-order valence-corrected chi connectivity index (χ2v) is 4.93. The van der Waals surface area contributed by atoms with Gasteiger partial charge in [-0.15, -0.1) is 0 Å². The second kappa shape index (κ2) is 3.40. The highest BCUT2D eigenvalue weighted by atomic mass is 15.0. The van der Waals surface area contributed by atoms with Crippen LogP contribution in [-0.4, -0.2) is 13.9 Å². The van der Waals surface area contributed by atoms with Crippen molar-refractivity contribution in [2.24, 2.45) is 5.92 Å². The van der Waals surface area contributed by atoms with Gasteiger partial charge < -0.3 is 5.32 Å². The zero-order chi connectivity index (χ0) is 9.42. The zero-order valence-electron chi connectivity index (χ0n) is 9.06. The van der Waals surface area contributed by atoms with Crippen LogP contribution in [0.2, 0.25) is 5.82 Å². The predicted molar refractivity (Wildman–Crippen MR) is 59.5 cm³/mol. The molecule has 0 bridgehead atoms. The first-order chi connectivity index (χ1) is 6.18. The lowest BCUT2D eigenvalue weighted by atomic mass is 9.81. The standard InChI is InChI=1S/C11H20BN/c1-7-8(2)13-11-6-4-9(12)3-5-10(7)11/h9-11,13H,3-6,12H2,1-2H3. The Hall–Kier alpha value is -0.395. The Morgan fingerprint density at radius 2 is 1.85 bits per heavy atom. The van der Waals surface area contributed by atoms with E-state index in [1.165, 1.54) is 31.4 Å². The fraction of sp³-hybridized carbons (Fsp3) is 0.818. The summed E-state index contributed by atoms with van der Waals surface area (Å²) in [6.07, 6.45) is 5.62. The molecule has 1 aliphatic carbocycles. The van der Waals surface area contributed by atoms with Crippen LogP contribution in [0.15, 0.2) is 11.3 Å². The maximum atomic E-state index is 3.65. The minimum Gasteiger partial charge on any atom is -0.385 e. The topological polar surface area (TPSA) is 12.0 Å². The van der Waals surface area contributed by atoms with E-state index in [2.05, 4.69) is 27.0 Å². The molecule has 1 fully saturated rings. The Bertz CT molecular complexity index is 234. The Morgan fingerprint density at radius 1 is 1.15 bits per heavy atom. The van der Waals surface area contributed by atoms with E-state index in [4.69, 9.17) is 0 Å². The summed E-state index contributed by atoms with van der Waals surface area (Å²) in [4.78, 5) is 0. The van der Waals surface area contributed by atoms with Gasteiger partial charge in [-0.05, 0) is 32.3 Å². The van der Waals surface area contributed by atoms with Gasteiger partial charge in [-0.25, -0.2) is 0 Å². The van der Waals surface area contributed by atoms with Crippen LogP contribution in [0.5, 0.6) is 0 Å². The van der Waals surface area contributed by atoms with Gasteiger partial charge in [0.15, 0.2) is 0 Å². The van der Waals surface area contributed by atoms with Gasteiger partial charge in [0.05, 0.1) is 0 Å². The van der Waals surface area contributed by atoms with E-state index in [0.29, 0.717) is 0 Å². The molecule has 1 aliphatic heterocycles. The Morgan fingerprint density at radius 3 is 2.62 bits per heavy atom. The van der Waals surface area contributed by atoms with Gasteiger partial charge in [0, 0.05) is 17.7 Å². The second-order valence-electron chi connectivity index (χ2n) is 4.93. The number of hydrogen-bond acceptors (Lipinski definition) is 1. The fourth-order valence-electron chi connectivity index (χ4n) is 2.84. The molecule has 0 saturated heterocycles. The van der Waals surface area contributed by atoms with Crippen molar-refractivity contribution in [3.8, 4) is 0 Å². The lowest BCUT2D eigenvalue weighted by Crippen LogP contribution is -2.27. The SMILES string of the molecule is BC1CCC2NC(C)=C(C)C2CC1. The summed E-state index contributed by atoms with van der Waals surface area (Å²) in [5.41, 5.74) is 3.07. The van der Waals surface area contributed by atoms with Crippen molar-refractivity contribution in [1.82, 2.24) is 5.32 Å². The summed E-state index contributed by atoms with van der Waals surface area (Å²) in [5, 5.41) is 3.65. The molecule has 3 unspecified atom stereocenters. The van der Waals surface area contributed by atoms with Crippen LogP contribution < -0.4 is 5.32 Å². The van der Waals surface area contributed by atoms with Crippen LogP contribution in [0.25, 0.3) is 0 Å². The molecule has 0 radical (unpaired) electrons. The summed E-state index contributed by atoms with van der Waals surface area (Å²) < 4.78 is 0. The monoisotopic (exact) mass is 177 g/mol. The van der Waals surface area contributed by atoms with Gasteiger partial charge in [0.2, 0.25) is 0 Å². The quantitative estimate of drug-likeness (QED) is 0.557. The average molecular weight is 177 g/mol. The molecule has 0 aromatic heterocycles. The van der Waals surface area contributed by atoms with Gasteiger partial charge in [0.1, 0.15) is 7.85 Å². The molecule has 2 heteroatoms. The maximum absolute atomic E-state index is 3.65. The first kappa shape index (κ1) is 9.17. The van der Waals surface area contributed by atoms with Gasteiger partial charge in [-0.1, -0.05) is 18.7 Å². The predicted octanol–water partition coefficient (Wildman–Crippen LogP) is 1.86. The molecule has 1 heterocycles. The molecule has 2 aliphatic rings. The van der Waals surface area contributed by atoms with Gasteiger partial charge in [-0.2, -0.15) is 0 Å². The summed E-state index contributed by atoms with van der Waals surface area (Å²) in [6, 6.07) is 0.768. The number of hydrogen-bond donors (Lipinski definition) is 1. The molecule has 0 aromatic rings. The van der Waals surface area contributed by atoms with Crippen molar-refractivity contribution in [3.63, 3.8) is 0 Å². The largest absolute Gasteiger partial charge is 0.385 e. The molecule has 2 rings (SSSR count). The summed E-state index contributed by atoms with van der Waals surface area (Å²) >= 11 is 0. The molecule has 1 saturated carbocycles. The van der Waals surface area contributed by atoms with E-state index in [-0.39, 0.29) is 0 Å². The highest BCUT2D eigenvalue weighted by Crippen LogP contribution is 2.37. The first-order valence-electron chi connectivity index (χ1n) is 5.62. The van der Waals surface area contributed by atoms with E-state index >= 15 is 0 Å². The summed E-state index contributed by atoms with van der Waals surface area (Å²) in [5.74, 6) is 1.80. The van der Waals surface area contributed by atoms with Crippen molar-refractivity contribution >= 4 is 7.85 Å². The third-order valence-electron chi connectivity index (χ3n) is 3.98. The van der Waals surface area contributed by atoms with Crippen molar-refractivity contribution in [2.75, 3.05) is 0 Å². The molecular weight excluding hydrogens is 157 g/mol. The van der Waals surface area contributed by atoms with E-state index in [1.807, 2.05) is 0 Å². The first-order valence-corrected chi connectivity index (χ1v) is 5.62. The van der Waals surface area contributed by atoms with Gasteiger partial charge >= 0.3 is 0 Å². The van der Waals surface area contributed by atoms with Crippen LogP contribution >= 0.6 is 0 Å². The van der Waals surface area contributed by atoms with E-state index < -0.39 is 0 Å². The van der Waals surface area contributed by atoms with E-state index in [0.717, 1.165) is 17.8 Å². The zero-order valence-corrected chi connectivity index (χ0v) is 9.06. The van der Waals surface area contributed by atoms with Crippen molar-refractivity contribution < 1.29 is 0 Å². The highest BCUT2D eigenvalue weighted by Gasteiger charge is 2.32. The molecule has 3 atom stereocenters. The molecule has 13 heavy (non-hydrogen) atoms. The number of fused-ring (bicyclic) bond motifs is 1. The number of rotatable bonds is 0. The van der Waals surface area contributed by atoms with Gasteiger partial charge in [-0.3, -0.25) is 0 Å². The number of nitrogens with one attached hydrogen (secondary N) is 1. The number of allylic oxidation sites excluding steroid dienone is 1. The maximum Gasteiger partial charge on any atom is 0.105 e. The summed E-state index contributed by atoms with van der Waals surface area (Å²) in [6.45, 7) is 4.54. The van der Waals surface area contributed by atoms with Crippen LogP contribution in [0.4, 0.5) is 0 Å². The summed E-state index contributed by atoms with van der Waals surface area (Å²) in [7, 11) is 2.40. The molecule has 0 spiro atoms. The molecule has 72 valence electrons. The van der Waals surface area contributed by atoms with Crippen LogP contribution in [0, 0.1) is 5.92 Å². The molecule has 1 nitrogen and oxygen atoms in total. The smallest absolute Gasteiger partial charge is 0.105 e. The molecule has 0 amide bonds. The van der Waals surface area contributed by atoms with Crippen molar-refractivity contribution in [3.05, 3.63) is 11.3 Å². The minimum absolute atomic E-state index is 0.768. The van der Waals surface area contributed by atoms with Crippen molar-refractivity contribution in [2.45, 2.75) is 51.4 Å². The Kier molecular flexibility index (Phi) is 2.40. The lowest BCUT2D eigenvalue weighted by Gasteiger charge is -2.17. The lowest BCUT2D eigenvalue weighted by molar-refractivity contribution is 0.442. The third-order valence-corrected chi connectivity index (χ3v) is 3.98. The van der Waals surface area contributed by atoms with Crippen LogP contribution in [0.3, 0.4) is 0 Å².